The molecule has 0 saturated carbocycles. The number of hydrogen-bond acceptors (Lipinski definition) is 2. The molecule has 0 spiro atoms. The molecule has 1 aromatic rings. The van der Waals surface area contributed by atoms with Crippen molar-refractivity contribution >= 4 is 11.6 Å². The van der Waals surface area contributed by atoms with E-state index < -0.39 is 0 Å². The molecule has 0 aromatic carbocycles. The summed E-state index contributed by atoms with van der Waals surface area (Å²) in [5.41, 5.74) is 0.784. The molecule has 0 aliphatic carbocycles. The van der Waals surface area contributed by atoms with Crippen molar-refractivity contribution in [3.8, 4) is 0 Å². The first kappa shape index (κ1) is 6.49. The highest BCUT2D eigenvalue weighted by Gasteiger charge is 1.95. The molecule has 0 N–H and O–H groups in total. The molecule has 9 heavy (non-hydrogen) atoms. The van der Waals surface area contributed by atoms with Gasteiger partial charge in [0.15, 0.2) is 0 Å². The Kier molecular flexibility index (Phi) is 2.01. The quantitative estimate of drug-likeness (QED) is 0.595. The third-order valence-corrected chi connectivity index (χ3v) is 1.26. The predicted molar refractivity (Wildman–Crippen MR) is 36.1 cm³/mol. The highest BCUT2D eigenvalue weighted by molar-refractivity contribution is 6.31. The van der Waals surface area contributed by atoms with Crippen molar-refractivity contribution in [2.24, 2.45) is 0 Å². The van der Waals surface area contributed by atoms with E-state index in [0.717, 1.165) is 5.69 Å². The van der Waals surface area contributed by atoms with E-state index in [9.17, 15) is 0 Å². The second-order valence-electron chi connectivity index (χ2n) is 1.54. The molecule has 2 nitrogen and oxygen atoms in total. The van der Waals surface area contributed by atoms with Crippen LogP contribution in [0, 0.1) is 6.42 Å². The lowest BCUT2D eigenvalue weighted by Gasteiger charge is -1.93. The molecule has 47 valence electrons. The van der Waals surface area contributed by atoms with E-state index in [-0.39, 0.29) is 0 Å². The summed E-state index contributed by atoms with van der Waals surface area (Å²) in [6, 6.07) is 0. The summed E-state index contributed by atoms with van der Waals surface area (Å²) in [7, 11) is 0. The number of nitrogens with zero attached hydrogens (tertiary/aromatic N) is 2. The fourth-order valence-electron chi connectivity index (χ4n) is 0.535. The zero-order valence-electron chi connectivity index (χ0n) is 5.00. The van der Waals surface area contributed by atoms with Crippen LogP contribution in [0.25, 0.3) is 0 Å². The maximum Gasteiger partial charge on any atom is 0.115 e. The standard InChI is InChI=1S/C6H6ClN2/c1-2-6-5(7)3-8-4-9-6/h2-4H,1H3. The van der Waals surface area contributed by atoms with E-state index in [1.54, 1.807) is 6.20 Å². The van der Waals surface area contributed by atoms with Crippen LogP contribution < -0.4 is 0 Å². The largest absolute Gasteiger partial charge is 0.243 e. The van der Waals surface area contributed by atoms with Crippen molar-refractivity contribution in [2.45, 2.75) is 6.92 Å². The zero-order chi connectivity index (χ0) is 6.69. The van der Waals surface area contributed by atoms with Gasteiger partial charge in [0.25, 0.3) is 0 Å². The molecule has 0 saturated heterocycles. The Bertz CT molecular complexity index is 200. The zero-order valence-corrected chi connectivity index (χ0v) is 5.76. The van der Waals surface area contributed by atoms with E-state index in [0.29, 0.717) is 5.02 Å². The van der Waals surface area contributed by atoms with Crippen LogP contribution in [0.1, 0.15) is 12.6 Å². The lowest BCUT2D eigenvalue weighted by molar-refractivity contribution is 1.11. The Hall–Kier alpha value is -0.630. The molecule has 0 aliphatic heterocycles. The molecule has 0 fully saturated rings. The van der Waals surface area contributed by atoms with Crippen LogP contribution in [0.4, 0.5) is 0 Å². The number of halogens is 1. The van der Waals surface area contributed by atoms with Crippen molar-refractivity contribution in [1.29, 1.82) is 0 Å². The Balaban J connectivity index is 3.01. The third kappa shape index (κ3) is 1.39. The Morgan fingerprint density at radius 3 is 2.89 bits per heavy atom. The van der Waals surface area contributed by atoms with E-state index in [1.807, 2.05) is 13.3 Å². The molecule has 0 unspecified atom stereocenters. The monoisotopic (exact) mass is 141 g/mol. The summed E-state index contributed by atoms with van der Waals surface area (Å²) in [4.78, 5) is 7.63. The van der Waals surface area contributed by atoms with Gasteiger partial charge in [-0.1, -0.05) is 18.5 Å². The summed E-state index contributed by atoms with van der Waals surface area (Å²) in [5, 5.41) is 0.597. The maximum absolute atomic E-state index is 5.67. The molecule has 1 rings (SSSR count). The van der Waals surface area contributed by atoms with Gasteiger partial charge in [0, 0.05) is 12.6 Å². The van der Waals surface area contributed by atoms with Gasteiger partial charge in [-0.2, -0.15) is 0 Å². The number of rotatable bonds is 1. The smallest absolute Gasteiger partial charge is 0.115 e. The first-order valence-electron chi connectivity index (χ1n) is 2.59. The number of aromatic nitrogens is 2. The van der Waals surface area contributed by atoms with E-state index in [2.05, 4.69) is 9.97 Å². The van der Waals surface area contributed by atoms with Crippen molar-refractivity contribution in [3.05, 3.63) is 29.7 Å². The first-order chi connectivity index (χ1) is 4.34. The van der Waals surface area contributed by atoms with Crippen LogP contribution in [0.3, 0.4) is 0 Å². The van der Waals surface area contributed by atoms with Crippen molar-refractivity contribution in [1.82, 2.24) is 9.97 Å². The van der Waals surface area contributed by atoms with Crippen LogP contribution >= 0.6 is 11.6 Å². The lowest BCUT2D eigenvalue weighted by atomic mass is 10.3. The van der Waals surface area contributed by atoms with Crippen LogP contribution in [0.5, 0.6) is 0 Å². The minimum atomic E-state index is 0.597. The highest BCUT2D eigenvalue weighted by atomic mass is 35.5. The van der Waals surface area contributed by atoms with Crippen molar-refractivity contribution in [3.63, 3.8) is 0 Å². The van der Waals surface area contributed by atoms with Crippen LogP contribution in [-0.2, 0) is 0 Å². The second-order valence-corrected chi connectivity index (χ2v) is 1.95. The van der Waals surface area contributed by atoms with Gasteiger partial charge in [-0.3, -0.25) is 0 Å². The van der Waals surface area contributed by atoms with Gasteiger partial charge in [-0.25, -0.2) is 9.97 Å². The van der Waals surface area contributed by atoms with Gasteiger partial charge in [0.2, 0.25) is 0 Å². The highest BCUT2D eigenvalue weighted by Crippen LogP contribution is 2.11. The maximum atomic E-state index is 5.67. The Morgan fingerprint density at radius 1 is 1.67 bits per heavy atom. The predicted octanol–water partition coefficient (Wildman–Crippen LogP) is 1.70. The van der Waals surface area contributed by atoms with Gasteiger partial charge >= 0.3 is 0 Å². The molecule has 1 radical (unpaired) electrons. The Morgan fingerprint density at radius 2 is 2.44 bits per heavy atom. The molecule has 0 atom stereocenters. The second kappa shape index (κ2) is 2.78. The topological polar surface area (TPSA) is 25.8 Å². The van der Waals surface area contributed by atoms with Gasteiger partial charge < -0.3 is 0 Å². The SMILES string of the molecule is C[CH]c1ncncc1Cl. The van der Waals surface area contributed by atoms with E-state index in [1.165, 1.54) is 6.33 Å². The van der Waals surface area contributed by atoms with Gasteiger partial charge in [0.05, 0.1) is 10.7 Å². The van der Waals surface area contributed by atoms with Crippen molar-refractivity contribution in [2.75, 3.05) is 0 Å². The summed E-state index contributed by atoms with van der Waals surface area (Å²) in [6.07, 6.45) is 4.88. The van der Waals surface area contributed by atoms with E-state index >= 15 is 0 Å². The minimum Gasteiger partial charge on any atom is -0.243 e. The van der Waals surface area contributed by atoms with Gasteiger partial charge in [-0.05, 0) is 0 Å². The summed E-state index contributed by atoms with van der Waals surface area (Å²) in [6.45, 7) is 1.88. The molecule has 0 aliphatic rings. The van der Waals surface area contributed by atoms with Crippen molar-refractivity contribution < 1.29 is 0 Å². The van der Waals surface area contributed by atoms with Crippen LogP contribution in [0.15, 0.2) is 12.5 Å². The average molecular weight is 142 g/mol. The summed E-state index contributed by atoms with van der Waals surface area (Å²) < 4.78 is 0. The summed E-state index contributed by atoms with van der Waals surface area (Å²) in [5.74, 6) is 0. The van der Waals surface area contributed by atoms with Crippen LogP contribution in [0.2, 0.25) is 5.02 Å². The van der Waals surface area contributed by atoms with Gasteiger partial charge in [-0.15, -0.1) is 0 Å². The fraction of sp³-hybridized carbons (Fsp3) is 0.167. The molecule has 3 heteroatoms. The molecular weight excluding hydrogens is 136 g/mol. The minimum absolute atomic E-state index is 0.597. The molecule has 0 amide bonds. The van der Waals surface area contributed by atoms with Crippen LogP contribution in [-0.4, -0.2) is 9.97 Å². The average Bonchev–Trinajstić information content (AvgIpc) is 1.89. The molecule has 0 bridgehead atoms. The molecule has 1 heterocycles. The van der Waals surface area contributed by atoms with Gasteiger partial charge in [0.1, 0.15) is 6.33 Å². The lowest BCUT2D eigenvalue weighted by Crippen LogP contribution is -1.85. The third-order valence-electron chi connectivity index (χ3n) is 0.969. The first-order valence-corrected chi connectivity index (χ1v) is 2.97. The van der Waals surface area contributed by atoms with E-state index in [4.69, 9.17) is 11.6 Å². The Labute approximate surface area is 58.9 Å². The normalized spacial score (nSPS) is 9.56. The summed E-state index contributed by atoms with van der Waals surface area (Å²) >= 11 is 5.67. The number of hydrogen-bond donors (Lipinski definition) is 0. The fourth-order valence-corrected chi connectivity index (χ4v) is 0.749. The molecular formula is C6H6ClN2. The molecule has 1 aromatic heterocycles.